The van der Waals surface area contributed by atoms with E-state index >= 15 is 0 Å². The van der Waals surface area contributed by atoms with Crippen molar-refractivity contribution in [3.63, 3.8) is 0 Å². The summed E-state index contributed by atoms with van der Waals surface area (Å²) in [6.45, 7) is 1.75. The summed E-state index contributed by atoms with van der Waals surface area (Å²) in [5, 5.41) is 3.30. The molecule has 3 rings (SSSR count). The summed E-state index contributed by atoms with van der Waals surface area (Å²) in [5.41, 5.74) is 7.26. The number of hydrogen-bond donors (Lipinski definition) is 1. The lowest BCUT2D eigenvalue weighted by atomic mass is 10.00. The number of hydrogen-bond acceptors (Lipinski definition) is 4. The molecule has 15 heavy (non-hydrogen) atoms. The van der Waals surface area contributed by atoms with Crippen LogP contribution in [-0.2, 0) is 10.3 Å². The molecule has 0 aromatic carbocycles. The van der Waals surface area contributed by atoms with Crippen LogP contribution < -0.4 is 5.73 Å². The zero-order valence-corrected chi connectivity index (χ0v) is 9.55. The molecule has 2 heterocycles. The Bertz CT molecular complexity index is 353. The standard InChI is InChI=1S/C11H16N2OS/c12-11(3-4-11)10-13-9(7-15-10)8-2-1-5-14-6-8/h7-8H,1-6,12H2. The Kier molecular flexibility index (Phi) is 2.30. The summed E-state index contributed by atoms with van der Waals surface area (Å²) in [5.74, 6) is 0.506. The number of aromatic nitrogens is 1. The van der Waals surface area contributed by atoms with Crippen LogP contribution in [0.2, 0.25) is 0 Å². The van der Waals surface area contributed by atoms with Crippen LogP contribution in [0.1, 0.15) is 42.3 Å². The Morgan fingerprint density at radius 2 is 2.40 bits per heavy atom. The lowest BCUT2D eigenvalue weighted by Crippen LogP contribution is -2.19. The minimum Gasteiger partial charge on any atom is -0.381 e. The first kappa shape index (κ1) is 9.75. The summed E-state index contributed by atoms with van der Waals surface area (Å²) >= 11 is 1.72. The molecule has 2 aliphatic rings. The Morgan fingerprint density at radius 3 is 3.07 bits per heavy atom. The van der Waals surface area contributed by atoms with Crippen LogP contribution in [0.3, 0.4) is 0 Å². The summed E-state index contributed by atoms with van der Waals surface area (Å²) < 4.78 is 5.48. The van der Waals surface area contributed by atoms with E-state index in [0.717, 1.165) is 37.5 Å². The smallest absolute Gasteiger partial charge is 0.113 e. The van der Waals surface area contributed by atoms with Gasteiger partial charge in [0.2, 0.25) is 0 Å². The minimum absolute atomic E-state index is 0.0710. The van der Waals surface area contributed by atoms with Gasteiger partial charge in [-0.3, -0.25) is 0 Å². The fourth-order valence-electron chi connectivity index (χ4n) is 2.02. The molecular weight excluding hydrogens is 208 g/mol. The minimum atomic E-state index is -0.0710. The number of rotatable bonds is 2. The van der Waals surface area contributed by atoms with E-state index in [4.69, 9.17) is 10.5 Å². The molecule has 82 valence electrons. The van der Waals surface area contributed by atoms with Crippen molar-refractivity contribution in [2.75, 3.05) is 13.2 Å². The monoisotopic (exact) mass is 224 g/mol. The third-order valence-corrected chi connectivity index (χ3v) is 4.40. The molecule has 0 bridgehead atoms. The fourth-order valence-corrected chi connectivity index (χ4v) is 3.10. The van der Waals surface area contributed by atoms with E-state index in [-0.39, 0.29) is 5.54 Å². The van der Waals surface area contributed by atoms with Crippen LogP contribution in [0, 0.1) is 0 Å². The Balaban J connectivity index is 1.77. The zero-order chi connectivity index (χ0) is 10.3. The molecule has 1 aromatic heterocycles. The molecule has 1 atom stereocenters. The van der Waals surface area contributed by atoms with Crippen molar-refractivity contribution in [2.24, 2.45) is 5.73 Å². The summed E-state index contributed by atoms with van der Waals surface area (Å²) in [6, 6.07) is 0. The fraction of sp³-hybridized carbons (Fsp3) is 0.727. The van der Waals surface area contributed by atoms with E-state index in [1.165, 1.54) is 12.1 Å². The van der Waals surface area contributed by atoms with E-state index in [9.17, 15) is 0 Å². The van der Waals surface area contributed by atoms with Crippen molar-refractivity contribution < 1.29 is 4.74 Å². The van der Waals surface area contributed by atoms with Gasteiger partial charge in [-0.25, -0.2) is 4.98 Å². The Labute approximate surface area is 93.7 Å². The number of nitrogens with two attached hydrogens (primary N) is 1. The molecule has 2 fully saturated rings. The van der Waals surface area contributed by atoms with Crippen LogP contribution in [0.4, 0.5) is 0 Å². The number of thiazole rings is 1. The molecule has 1 unspecified atom stereocenters. The van der Waals surface area contributed by atoms with Crippen molar-refractivity contribution in [2.45, 2.75) is 37.1 Å². The van der Waals surface area contributed by atoms with Crippen LogP contribution in [0.25, 0.3) is 0 Å². The molecule has 1 aliphatic heterocycles. The molecule has 0 radical (unpaired) electrons. The second-order valence-electron chi connectivity index (χ2n) is 4.65. The van der Waals surface area contributed by atoms with E-state index in [1.807, 2.05) is 0 Å². The third kappa shape index (κ3) is 1.82. The lowest BCUT2D eigenvalue weighted by molar-refractivity contribution is 0.0794. The van der Waals surface area contributed by atoms with Gasteiger partial charge < -0.3 is 10.5 Å². The second kappa shape index (κ2) is 3.54. The SMILES string of the molecule is NC1(c2nc(C3CCCOC3)cs2)CC1. The summed E-state index contributed by atoms with van der Waals surface area (Å²) in [6.07, 6.45) is 4.56. The molecule has 1 aliphatic carbocycles. The van der Waals surface area contributed by atoms with E-state index < -0.39 is 0 Å². The van der Waals surface area contributed by atoms with Gasteiger partial charge in [0.15, 0.2) is 0 Å². The largest absolute Gasteiger partial charge is 0.381 e. The van der Waals surface area contributed by atoms with Gasteiger partial charge in [-0.05, 0) is 25.7 Å². The number of ether oxygens (including phenoxy) is 1. The van der Waals surface area contributed by atoms with Crippen LogP contribution in [0.15, 0.2) is 5.38 Å². The second-order valence-corrected chi connectivity index (χ2v) is 5.51. The topological polar surface area (TPSA) is 48.1 Å². The van der Waals surface area contributed by atoms with Gasteiger partial charge in [0.05, 0.1) is 17.8 Å². The molecular formula is C11H16N2OS. The molecule has 3 nitrogen and oxygen atoms in total. The van der Waals surface area contributed by atoms with E-state index in [1.54, 1.807) is 11.3 Å². The highest BCUT2D eigenvalue weighted by Gasteiger charge is 2.43. The molecule has 2 N–H and O–H groups in total. The summed E-state index contributed by atoms with van der Waals surface area (Å²) in [7, 11) is 0. The maximum Gasteiger partial charge on any atom is 0.113 e. The third-order valence-electron chi connectivity index (χ3n) is 3.32. The van der Waals surface area contributed by atoms with Crippen molar-refractivity contribution in [3.8, 4) is 0 Å². The highest BCUT2D eigenvalue weighted by Crippen LogP contribution is 2.44. The molecule has 1 aromatic rings. The first-order valence-corrected chi connectivity index (χ1v) is 6.48. The molecule has 1 saturated carbocycles. The molecule has 0 amide bonds. The maximum atomic E-state index is 6.13. The van der Waals surface area contributed by atoms with Gasteiger partial charge >= 0.3 is 0 Å². The Morgan fingerprint density at radius 1 is 1.53 bits per heavy atom. The van der Waals surface area contributed by atoms with E-state index in [2.05, 4.69) is 10.4 Å². The Hall–Kier alpha value is -0.450. The normalized spacial score (nSPS) is 29.0. The van der Waals surface area contributed by atoms with Gasteiger partial charge in [-0.1, -0.05) is 0 Å². The quantitative estimate of drug-likeness (QED) is 0.835. The molecule has 0 spiro atoms. The first-order valence-electron chi connectivity index (χ1n) is 5.60. The molecule has 1 saturated heterocycles. The van der Waals surface area contributed by atoms with Crippen molar-refractivity contribution in [1.29, 1.82) is 0 Å². The zero-order valence-electron chi connectivity index (χ0n) is 8.74. The highest BCUT2D eigenvalue weighted by molar-refractivity contribution is 7.09. The van der Waals surface area contributed by atoms with Crippen LogP contribution in [0.5, 0.6) is 0 Å². The van der Waals surface area contributed by atoms with Gasteiger partial charge in [-0.2, -0.15) is 0 Å². The predicted octanol–water partition coefficient (Wildman–Crippen LogP) is 1.98. The number of nitrogens with zero attached hydrogens (tertiary/aromatic N) is 1. The summed E-state index contributed by atoms with van der Waals surface area (Å²) in [4.78, 5) is 4.68. The van der Waals surface area contributed by atoms with Crippen LogP contribution in [-0.4, -0.2) is 18.2 Å². The van der Waals surface area contributed by atoms with Gasteiger partial charge in [0.1, 0.15) is 5.01 Å². The predicted molar refractivity (Wildman–Crippen MR) is 60.0 cm³/mol. The maximum absolute atomic E-state index is 6.13. The van der Waals surface area contributed by atoms with Gasteiger partial charge in [-0.15, -0.1) is 11.3 Å². The van der Waals surface area contributed by atoms with Crippen molar-refractivity contribution in [3.05, 3.63) is 16.1 Å². The van der Waals surface area contributed by atoms with Gasteiger partial charge in [0, 0.05) is 17.9 Å². The van der Waals surface area contributed by atoms with Crippen molar-refractivity contribution in [1.82, 2.24) is 4.98 Å². The molecule has 4 heteroatoms. The lowest BCUT2D eigenvalue weighted by Gasteiger charge is -2.20. The van der Waals surface area contributed by atoms with E-state index in [0.29, 0.717) is 5.92 Å². The van der Waals surface area contributed by atoms with Gasteiger partial charge in [0.25, 0.3) is 0 Å². The first-order chi connectivity index (χ1) is 7.28. The average molecular weight is 224 g/mol. The average Bonchev–Trinajstić information content (AvgIpc) is 2.85. The highest BCUT2D eigenvalue weighted by atomic mass is 32.1. The van der Waals surface area contributed by atoms with Crippen LogP contribution >= 0.6 is 11.3 Å². The van der Waals surface area contributed by atoms with Crippen molar-refractivity contribution >= 4 is 11.3 Å².